The molecule has 0 aliphatic rings. The molecule has 1 aromatic carbocycles. The molecular weight excluding hydrogens is 268 g/mol. The number of sulfone groups is 1. The molecule has 0 aliphatic heterocycles. The first-order valence-electron chi connectivity index (χ1n) is 5.52. The molecule has 0 saturated carbocycles. The lowest BCUT2D eigenvalue weighted by Gasteiger charge is -2.11. The van der Waals surface area contributed by atoms with E-state index in [-0.39, 0.29) is 22.8 Å². The lowest BCUT2D eigenvalue weighted by atomic mass is 10.3. The number of nitrogens with one attached hydrogen (secondary N) is 1. The minimum absolute atomic E-state index is 0.0368. The summed E-state index contributed by atoms with van der Waals surface area (Å²) in [5.41, 5.74) is 0.234. The van der Waals surface area contributed by atoms with Crippen LogP contribution in [0.25, 0.3) is 0 Å². The Hall–Kier alpha value is -2.07. The van der Waals surface area contributed by atoms with Crippen LogP contribution in [-0.4, -0.2) is 27.2 Å². The molecule has 0 aromatic heterocycles. The predicted molar refractivity (Wildman–Crippen MR) is 69.6 cm³/mol. The van der Waals surface area contributed by atoms with Crippen LogP contribution >= 0.6 is 0 Å². The molecule has 0 aliphatic carbocycles. The largest absolute Gasteiger partial charge is 0.495 e. The Kier molecular flexibility index (Phi) is 4.89. The molecule has 19 heavy (non-hydrogen) atoms. The fraction of sp³-hybridized carbons (Fsp3) is 0.333. The number of benzene rings is 1. The van der Waals surface area contributed by atoms with Crippen molar-refractivity contribution in [2.45, 2.75) is 18.2 Å². The van der Waals surface area contributed by atoms with Crippen LogP contribution in [-0.2, 0) is 14.6 Å². The fourth-order valence-electron chi connectivity index (χ4n) is 1.41. The van der Waals surface area contributed by atoms with Gasteiger partial charge in [-0.2, -0.15) is 5.26 Å². The summed E-state index contributed by atoms with van der Waals surface area (Å²) in [7, 11) is -1.96. The molecule has 1 amide bonds. The van der Waals surface area contributed by atoms with Gasteiger partial charge in [-0.05, 0) is 18.2 Å². The minimum atomic E-state index is -3.37. The summed E-state index contributed by atoms with van der Waals surface area (Å²) in [6.45, 7) is 1.54. The van der Waals surface area contributed by atoms with E-state index in [1.54, 1.807) is 6.07 Å². The molecule has 0 unspecified atom stereocenters. The molecule has 0 spiro atoms. The quantitative estimate of drug-likeness (QED) is 0.879. The monoisotopic (exact) mass is 282 g/mol. The van der Waals surface area contributed by atoms with E-state index in [9.17, 15) is 13.2 Å². The Labute approximate surface area is 111 Å². The topological polar surface area (TPSA) is 96.3 Å². The van der Waals surface area contributed by atoms with Crippen LogP contribution in [0, 0.1) is 11.3 Å². The molecule has 102 valence electrons. The maximum atomic E-state index is 11.8. The van der Waals surface area contributed by atoms with Crippen LogP contribution in [0.3, 0.4) is 0 Å². The Morgan fingerprint density at radius 1 is 1.47 bits per heavy atom. The Bertz CT molecular complexity index is 617. The molecule has 6 nitrogen and oxygen atoms in total. The Balaban J connectivity index is 3.18. The van der Waals surface area contributed by atoms with Crippen LogP contribution < -0.4 is 10.1 Å². The second kappa shape index (κ2) is 6.20. The van der Waals surface area contributed by atoms with Gasteiger partial charge in [0.25, 0.3) is 0 Å². The van der Waals surface area contributed by atoms with Crippen molar-refractivity contribution < 1.29 is 17.9 Å². The summed E-state index contributed by atoms with van der Waals surface area (Å²) in [6.07, 6.45) is -0.312. The van der Waals surface area contributed by atoms with Crippen molar-refractivity contribution in [3.63, 3.8) is 0 Å². The van der Waals surface area contributed by atoms with E-state index in [0.717, 1.165) is 0 Å². The molecule has 0 atom stereocenters. The smallest absolute Gasteiger partial charge is 0.238 e. The normalized spacial score (nSPS) is 10.6. The van der Waals surface area contributed by atoms with Gasteiger partial charge in [-0.25, -0.2) is 8.42 Å². The highest BCUT2D eigenvalue weighted by Crippen LogP contribution is 2.28. The fourth-order valence-corrected chi connectivity index (χ4v) is 2.32. The third-order valence-corrected chi connectivity index (χ3v) is 4.16. The number of ether oxygens (including phenoxy) is 1. The zero-order valence-corrected chi connectivity index (χ0v) is 11.5. The lowest BCUT2D eigenvalue weighted by molar-refractivity contribution is -0.115. The van der Waals surface area contributed by atoms with E-state index >= 15 is 0 Å². The standard InChI is InChI=1S/C12H14N2O4S/c1-3-19(16,17)9-4-5-11(18-2)10(8-9)14-12(15)6-7-13/h4-5,8H,3,6H2,1-2H3,(H,14,15). The highest BCUT2D eigenvalue weighted by atomic mass is 32.2. The van der Waals surface area contributed by atoms with Gasteiger partial charge in [-0.1, -0.05) is 6.92 Å². The van der Waals surface area contributed by atoms with Crippen molar-refractivity contribution in [3.05, 3.63) is 18.2 Å². The number of anilines is 1. The van der Waals surface area contributed by atoms with Gasteiger partial charge < -0.3 is 10.1 Å². The van der Waals surface area contributed by atoms with Crippen LogP contribution in [0.2, 0.25) is 0 Å². The molecule has 0 radical (unpaired) electrons. The van der Waals surface area contributed by atoms with Crippen LogP contribution in [0.5, 0.6) is 5.75 Å². The lowest BCUT2D eigenvalue weighted by Crippen LogP contribution is -2.12. The van der Waals surface area contributed by atoms with E-state index < -0.39 is 15.7 Å². The number of hydrogen-bond donors (Lipinski definition) is 1. The van der Waals surface area contributed by atoms with E-state index in [1.165, 1.54) is 32.2 Å². The summed E-state index contributed by atoms with van der Waals surface area (Å²) in [4.78, 5) is 11.5. The Morgan fingerprint density at radius 3 is 2.68 bits per heavy atom. The number of nitriles is 1. The van der Waals surface area contributed by atoms with Crippen molar-refractivity contribution in [1.82, 2.24) is 0 Å². The van der Waals surface area contributed by atoms with E-state index in [4.69, 9.17) is 10.00 Å². The van der Waals surface area contributed by atoms with Crippen LogP contribution in [0.4, 0.5) is 5.69 Å². The molecule has 0 heterocycles. The molecule has 1 rings (SSSR count). The number of nitrogens with zero attached hydrogens (tertiary/aromatic N) is 1. The van der Waals surface area contributed by atoms with Gasteiger partial charge in [-0.15, -0.1) is 0 Å². The minimum Gasteiger partial charge on any atom is -0.495 e. The maximum absolute atomic E-state index is 11.8. The van der Waals surface area contributed by atoms with Gasteiger partial charge in [-0.3, -0.25) is 4.79 Å². The van der Waals surface area contributed by atoms with E-state index in [2.05, 4.69) is 5.32 Å². The second-order valence-electron chi connectivity index (χ2n) is 3.65. The maximum Gasteiger partial charge on any atom is 0.238 e. The molecule has 0 saturated heterocycles. The average molecular weight is 282 g/mol. The SMILES string of the molecule is CCS(=O)(=O)c1ccc(OC)c(NC(=O)CC#N)c1. The molecule has 7 heteroatoms. The molecular formula is C12H14N2O4S. The molecule has 0 fully saturated rings. The van der Waals surface area contributed by atoms with Gasteiger partial charge >= 0.3 is 0 Å². The third-order valence-electron chi connectivity index (χ3n) is 2.42. The van der Waals surface area contributed by atoms with Crippen molar-refractivity contribution in [2.75, 3.05) is 18.2 Å². The van der Waals surface area contributed by atoms with Crippen molar-refractivity contribution >= 4 is 21.4 Å². The zero-order valence-electron chi connectivity index (χ0n) is 10.6. The zero-order chi connectivity index (χ0) is 14.5. The first kappa shape index (κ1) is 15.0. The van der Waals surface area contributed by atoms with E-state index in [1.807, 2.05) is 0 Å². The molecule has 1 N–H and O–H groups in total. The van der Waals surface area contributed by atoms with Gasteiger partial charge in [0.2, 0.25) is 5.91 Å². The number of rotatable bonds is 5. The number of carbonyl (C=O) groups excluding carboxylic acids is 1. The highest BCUT2D eigenvalue weighted by molar-refractivity contribution is 7.91. The van der Waals surface area contributed by atoms with Crippen LogP contribution in [0.1, 0.15) is 13.3 Å². The summed E-state index contributed by atoms with van der Waals surface area (Å²) in [6, 6.07) is 5.91. The molecule has 0 bridgehead atoms. The second-order valence-corrected chi connectivity index (χ2v) is 5.93. The van der Waals surface area contributed by atoms with Crippen molar-refractivity contribution in [2.24, 2.45) is 0 Å². The first-order chi connectivity index (χ1) is 8.94. The van der Waals surface area contributed by atoms with Gasteiger partial charge in [0.1, 0.15) is 12.2 Å². The number of methoxy groups -OCH3 is 1. The van der Waals surface area contributed by atoms with Crippen LogP contribution in [0.15, 0.2) is 23.1 Å². The number of carbonyl (C=O) groups is 1. The average Bonchev–Trinajstić information content (AvgIpc) is 2.38. The van der Waals surface area contributed by atoms with Gasteiger partial charge in [0.15, 0.2) is 9.84 Å². The highest BCUT2D eigenvalue weighted by Gasteiger charge is 2.15. The summed E-state index contributed by atoms with van der Waals surface area (Å²) >= 11 is 0. The Morgan fingerprint density at radius 2 is 2.16 bits per heavy atom. The van der Waals surface area contributed by atoms with E-state index in [0.29, 0.717) is 5.75 Å². The van der Waals surface area contributed by atoms with Gasteiger partial charge in [0, 0.05) is 0 Å². The number of amides is 1. The van der Waals surface area contributed by atoms with Crippen molar-refractivity contribution in [1.29, 1.82) is 5.26 Å². The van der Waals surface area contributed by atoms with Gasteiger partial charge in [0.05, 0.1) is 29.5 Å². The third kappa shape index (κ3) is 3.69. The predicted octanol–water partition coefficient (Wildman–Crippen LogP) is 1.34. The molecule has 1 aromatic rings. The summed E-state index contributed by atoms with van der Waals surface area (Å²) in [5.74, 6) is -0.224. The van der Waals surface area contributed by atoms with Crippen molar-refractivity contribution in [3.8, 4) is 11.8 Å². The first-order valence-corrected chi connectivity index (χ1v) is 7.17. The number of hydrogen-bond acceptors (Lipinski definition) is 5. The summed E-state index contributed by atoms with van der Waals surface area (Å²) in [5, 5.41) is 10.9. The summed E-state index contributed by atoms with van der Waals surface area (Å²) < 4.78 is 28.6.